The molecule has 0 radical (unpaired) electrons. The average Bonchev–Trinajstić information content (AvgIpc) is 2.67. The highest BCUT2D eigenvalue weighted by atomic mass is 19.2. The number of hydrogen-bond donors (Lipinski definition) is 1. The molecular weight excluding hydrogens is 359 g/mol. The first-order chi connectivity index (χ1) is 12.9. The minimum atomic E-state index is -1.68. The Morgan fingerprint density at radius 1 is 1.04 bits per heavy atom. The van der Waals surface area contributed by atoms with Gasteiger partial charge in [-0.25, -0.2) is 13.2 Å². The highest BCUT2D eigenvalue weighted by Gasteiger charge is 2.20. The van der Waals surface area contributed by atoms with Crippen LogP contribution >= 0.6 is 0 Å². The van der Waals surface area contributed by atoms with Crippen molar-refractivity contribution >= 4 is 28.4 Å². The van der Waals surface area contributed by atoms with Crippen LogP contribution in [0, 0.1) is 17.5 Å². The summed E-state index contributed by atoms with van der Waals surface area (Å²) in [5.41, 5.74) is 0.290. The maximum atomic E-state index is 13.6. The first-order valence-corrected chi connectivity index (χ1v) is 7.91. The number of anilines is 1. The van der Waals surface area contributed by atoms with Crippen LogP contribution in [0.15, 0.2) is 48.7 Å². The molecule has 3 aromatic rings. The Hall–Kier alpha value is -3.42. The number of para-hydroxylation sites is 1. The molecule has 0 fully saturated rings. The standard InChI is InChI=1S/C19H14F3N3O2/c1-25(10-15(26)24-14-8-7-13(20)16(21)17(14)22)19(27)12-6-2-4-11-5-3-9-23-18(11)12/h2-9H,10H2,1H3,(H,24,26). The first-order valence-electron chi connectivity index (χ1n) is 7.91. The smallest absolute Gasteiger partial charge is 0.256 e. The lowest BCUT2D eigenvalue weighted by Crippen LogP contribution is -2.35. The molecule has 27 heavy (non-hydrogen) atoms. The van der Waals surface area contributed by atoms with E-state index in [1.165, 1.54) is 7.05 Å². The summed E-state index contributed by atoms with van der Waals surface area (Å²) in [7, 11) is 1.39. The van der Waals surface area contributed by atoms with E-state index in [-0.39, 0.29) is 0 Å². The lowest BCUT2D eigenvalue weighted by atomic mass is 10.1. The number of nitrogens with zero attached hydrogens (tertiary/aromatic N) is 2. The number of nitrogens with one attached hydrogen (secondary N) is 1. The molecule has 0 spiro atoms. The van der Waals surface area contributed by atoms with E-state index in [1.807, 2.05) is 0 Å². The second-order valence-electron chi connectivity index (χ2n) is 5.81. The molecular formula is C19H14F3N3O2. The van der Waals surface area contributed by atoms with E-state index in [0.29, 0.717) is 17.1 Å². The lowest BCUT2D eigenvalue weighted by molar-refractivity contribution is -0.116. The van der Waals surface area contributed by atoms with Crippen LogP contribution in [0.3, 0.4) is 0 Å². The molecule has 0 atom stereocenters. The van der Waals surface area contributed by atoms with Crippen LogP contribution in [0.4, 0.5) is 18.9 Å². The van der Waals surface area contributed by atoms with E-state index in [0.717, 1.165) is 16.4 Å². The topological polar surface area (TPSA) is 62.3 Å². The minimum absolute atomic E-state index is 0.308. The van der Waals surface area contributed by atoms with Gasteiger partial charge in [-0.3, -0.25) is 14.6 Å². The highest BCUT2D eigenvalue weighted by molar-refractivity contribution is 6.06. The van der Waals surface area contributed by atoms with E-state index in [1.54, 1.807) is 36.5 Å². The molecule has 5 nitrogen and oxygen atoms in total. The maximum absolute atomic E-state index is 13.6. The van der Waals surface area contributed by atoms with Gasteiger partial charge in [-0.05, 0) is 24.3 Å². The number of fused-ring (bicyclic) bond motifs is 1. The van der Waals surface area contributed by atoms with Gasteiger partial charge in [-0.1, -0.05) is 18.2 Å². The number of hydrogen-bond acceptors (Lipinski definition) is 3. The van der Waals surface area contributed by atoms with E-state index in [2.05, 4.69) is 10.3 Å². The van der Waals surface area contributed by atoms with Gasteiger partial charge >= 0.3 is 0 Å². The fourth-order valence-electron chi connectivity index (χ4n) is 2.58. The number of benzene rings is 2. The predicted octanol–water partition coefficient (Wildman–Crippen LogP) is 3.36. The summed E-state index contributed by atoms with van der Waals surface area (Å²) < 4.78 is 39.8. The molecule has 1 heterocycles. The Labute approximate surface area is 152 Å². The second kappa shape index (κ2) is 7.45. The molecule has 138 valence electrons. The number of carbonyl (C=O) groups excluding carboxylic acids is 2. The molecule has 8 heteroatoms. The maximum Gasteiger partial charge on any atom is 0.256 e. The molecule has 1 aromatic heterocycles. The number of carbonyl (C=O) groups is 2. The van der Waals surface area contributed by atoms with E-state index < -0.39 is 41.5 Å². The van der Waals surface area contributed by atoms with Gasteiger partial charge in [0, 0.05) is 18.6 Å². The van der Waals surface area contributed by atoms with Gasteiger partial charge in [-0.15, -0.1) is 0 Å². The summed E-state index contributed by atoms with van der Waals surface area (Å²) in [6.45, 7) is -0.416. The zero-order chi connectivity index (χ0) is 19.6. The van der Waals surface area contributed by atoms with Crippen molar-refractivity contribution < 1.29 is 22.8 Å². The monoisotopic (exact) mass is 373 g/mol. The summed E-state index contributed by atoms with van der Waals surface area (Å²) in [6.07, 6.45) is 1.55. The van der Waals surface area contributed by atoms with Gasteiger partial charge in [-0.2, -0.15) is 0 Å². The minimum Gasteiger partial charge on any atom is -0.332 e. The molecule has 0 saturated heterocycles. The van der Waals surface area contributed by atoms with Crippen LogP contribution < -0.4 is 5.32 Å². The third kappa shape index (κ3) is 3.74. The Bertz CT molecular complexity index is 1030. The van der Waals surface area contributed by atoms with Gasteiger partial charge in [0.05, 0.1) is 23.3 Å². The third-order valence-electron chi connectivity index (χ3n) is 3.90. The van der Waals surface area contributed by atoms with Crippen LogP contribution in [0.25, 0.3) is 10.9 Å². The van der Waals surface area contributed by atoms with Crippen molar-refractivity contribution in [1.29, 1.82) is 0 Å². The van der Waals surface area contributed by atoms with Crippen molar-refractivity contribution in [1.82, 2.24) is 9.88 Å². The van der Waals surface area contributed by atoms with Crippen LogP contribution in [0.5, 0.6) is 0 Å². The second-order valence-corrected chi connectivity index (χ2v) is 5.81. The largest absolute Gasteiger partial charge is 0.332 e. The van der Waals surface area contributed by atoms with E-state index in [9.17, 15) is 22.8 Å². The number of aromatic nitrogens is 1. The van der Waals surface area contributed by atoms with Crippen LogP contribution in [0.1, 0.15) is 10.4 Å². The van der Waals surface area contributed by atoms with Gasteiger partial charge in [0.25, 0.3) is 5.91 Å². The molecule has 0 bridgehead atoms. The molecule has 0 aliphatic heterocycles. The fraction of sp³-hybridized carbons (Fsp3) is 0.105. The lowest BCUT2D eigenvalue weighted by Gasteiger charge is -2.18. The number of halogens is 3. The quantitative estimate of drug-likeness (QED) is 0.714. The molecule has 0 aliphatic carbocycles. The Morgan fingerprint density at radius 3 is 2.56 bits per heavy atom. The van der Waals surface area contributed by atoms with Gasteiger partial charge < -0.3 is 10.2 Å². The van der Waals surface area contributed by atoms with Crippen LogP contribution in [-0.4, -0.2) is 35.3 Å². The average molecular weight is 373 g/mol. The van der Waals surface area contributed by atoms with Crippen molar-refractivity contribution in [3.8, 4) is 0 Å². The molecule has 0 aliphatic rings. The summed E-state index contributed by atoms with van der Waals surface area (Å²) in [4.78, 5) is 30.0. The first kappa shape index (κ1) is 18.4. The summed E-state index contributed by atoms with van der Waals surface area (Å²) >= 11 is 0. The van der Waals surface area contributed by atoms with Crippen molar-refractivity contribution in [2.24, 2.45) is 0 Å². The third-order valence-corrected chi connectivity index (χ3v) is 3.90. The van der Waals surface area contributed by atoms with Gasteiger partial charge in [0.1, 0.15) is 0 Å². The summed E-state index contributed by atoms with van der Waals surface area (Å²) in [5, 5.41) is 2.89. The fourth-order valence-corrected chi connectivity index (χ4v) is 2.58. The van der Waals surface area contributed by atoms with Crippen molar-refractivity contribution in [3.05, 3.63) is 71.7 Å². The molecule has 2 amide bonds. The summed E-state index contributed by atoms with van der Waals surface area (Å²) in [6, 6.07) is 10.2. The van der Waals surface area contributed by atoms with E-state index in [4.69, 9.17) is 0 Å². The molecule has 0 unspecified atom stereocenters. The van der Waals surface area contributed by atoms with Gasteiger partial charge in [0.2, 0.25) is 5.91 Å². The van der Waals surface area contributed by atoms with Crippen molar-refractivity contribution in [3.63, 3.8) is 0 Å². The number of likely N-dealkylation sites (N-methyl/N-ethyl adjacent to an activating group) is 1. The summed E-state index contributed by atoms with van der Waals surface area (Å²) in [5.74, 6) is -5.76. The highest BCUT2D eigenvalue weighted by Crippen LogP contribution is 2.20. The zero-order valence-electron chi connectivity index (χ0n) is 14.2. The molecule has 3 rings (SSSR count). The number of amides is 2. The Morgan fingerprint density at radius 2 is 1.78 bits per heavy atom. The van der Waals surface area contributed by atoms with Gasteiger partial charge in [0.15, 0.2) is 17.5 Å². The molecule has 2 aromatic carbocycles. The van der Waals surface area contributed by atoms with Crippen LogP contribution in [-0.2, 0) is 4.79 Å². The van der Waals surface area contributed by atoms with Crippen molar-refractivity contribution in [2.45, 2.75) is 0 Å². The normalized spacial score (nSPS) is 10.7. The Balaban J connectivity index is 1.75. The molecule has 1 N–H and O–H groups in total. The number of pyridine rings is 1. The molecule has 0 saturated carbocycles. The predicted molar refractivity (Wildman–Crippen MR) is 93.6 cm³/mol. The van der Waals surface area contributed by atoms with E-state index >= 15 is 0 Å². The number of rotatable bonds is 4. The Kier molecular flexibility index (Phi) is 5.07. The zero-order valence-corrected chi connectivity index (χ0v) is 14.2. The van der Waals surface area contributed by atoms with Crippen LogP contribution in [0.2, 0.25) is 0 Å². The van der Waals surface area contributed by atoms with Crippen molar-refractivity contribution in [2.75, 3.05) is 18.9 Å². The SMILES string of the molecule is CN(CC(=O)Nc1ccc(F)c(F)c1F)C(=O)c1cccc2cccnc12.